The quantitative estimate of drug-likeness (QED) is 0.805. The molecule has 0 unspecified atom stereocenters. The number of rotatable bonds is 3. The summed E-state index contributed by atoms with van der Waals surface area (Å²) in [4.78, 5) is 4.43. The predicted octanol–water partition coefficient (Wildman–Crippen LogP) is 2.82. The molecular formula is C14H12N2O. The van der Waals surface area contributed by atoms with Crippen LogP contribution >= 0.6 is 0 Å². The van der Waals surface area contributed by atoms with E-state index in [4.69, 9.17) is 10.00 Å². The normalized spacial score (nSPS) is 9.65. The maximum Gasteiger partial charge on any atom is 0.119 e. The Bertz CT molecular complexity index is 558. The molecule has 0 fully saturated rings. The van der Waals surface area contributed by atoms with E-state index in [0.717, 1.165) is 22.7 Å². The van der Waals surface area contributed by atoms with E-state index in [9.17, 15) is 0 Å². The van der Waals surface area contributed by atoms with Crippen molar-refractivity contribution in [1.29, 1.82) is 5.26 Å². The molecule has 0 spiro atoms. The van der Waals surface area contributed by atoms with Gasteiger partial charge in [0.2, 0.25) is 0 Å². The van der Waals surface area contributed by atoms with E-state index in [-0.39, 0.29) is 0 Å². The number of ether oxygens (including phenoxy) is 1. The van der Waals surface area contributed by atoms with Gasteiger partial charge in [-0.2, -0.15) is 5.26 Å². The highest BCUT2D eigenvalue weighted by atomic mass is 16.5. The van der Waals surface area contributed by atoms with Crippen molar-refractivity contribution in [2.45, 2.75) is 6.42 Å². The Kier molecular flexibility index (Phi) is 3.37. The van der Waals surface area contributed by atoms with Crippen molar-refractivity contribution in [3.63, 3.8) is 0 Å². The third-order valence-electron chi connectivity index (χ3n) is 2.43. The van der Waals surface area contributed by atoms with Crippen molar-refractivity contribution < 1.29 is 4.74 Å². The summed E-state index contributed by atoms with van der Waals surface area (Å²) < 4.78 is 5.17. The van der Waals surface area contributed by atoms with Crippen LogP contribution in [0.3, 0.4) is 0 Å². The topological polar surface area (TPSA) is 45.9 Å². The summed E-state index contributed by atoms with van der Waals surface area (Å²) in [6.07, 6.45) is 0.331. The van der Waals surface area contributed by atoms with E-state index in [1.807, 2.05) is 42.5 Å². The van der Waals surface area contributed by atoms with E-state index in [1.165, 1.54) is 0 Å². The van der Waals surface area contributed by atoms with Crippen LogP contribution in [0, 0.1) is 11.3 Å². The molecule has 0 aliphatic rings. The molecule has 0 bridgehead atoms. The maximum atomic E-state index is 8.65. The van der Waals surface area contributed by atoms with Crippen LogP contribution in [0.5, 0.6) is 5.75 Å². The Labute approximate surface area is 100 Å². The fraction of sp³-hybridized carbons (Fsp3) is 0.143. The Hall–Kier alpha value is -2.34. The van der Waals surface area contributed by atoms with Gasteiger partial charge in [0, 0.05) is 5.56 Å². The minimum atomic E-state index is 0.331. The van der Waals surface area contributed by atoms with Gasteiger partial charge in [0.25, 0.3) is 0 Å². The lowest BCUT2D eigenvalue weighted by Crippen LogP contribution is -1.91. The van der Waals surface area contributed by atoms with Gasteiger partial charge >= 0.3 is 0 Å². The zero-order valence-corrected chi connectivity index (χ0v) is 9.55. The van der Waals surface area contributed by atoms with Gasteiger partial charge in [0.05, 0.1) is 31.0 Å². The van der Waals surface area contributed by atoms with Crippen LogP contribution in [0.25, 0.3) is 11.3 Å². The molecule has 0 amide bonds. The van der Waals surface area contributed by atoms with E-state index < -0.39 is 0 Å². The van der Waals surface area contributed by atoms with Gasteiger partial charge < -0.3 is 4.74 Å². The van der Waals surface area contributed by atoms with Gasteiger partial charge in [-0.3, -0.25) is 4.98 Å². The van der Waals surface area contributed by atoms with Gasteiger partial charge in [-0.25, -0.2) is 0 Å². The number of benzene rings is 1. The monoisotopic (exact) mass is 224 g/mol. The molecule has 1 aromatic carbocycles. The summed E-state index contributed by atoms with van der Waals surface area (Å²) in [5.41, 5.74) is 2.63. The zero-order chi connectivity index (χ0) is 12.1. The Morgan fingerprint density at radius 1 is 1.24 bits per heavy atom. The summed E-state index contributed by atoms with van der Waals surface area (Å²) in [6.45, 7) is 0. The van der Waals surface area contributed by atoms with E-state index in [0.29, 0.717) is 6.42 Å². The lowest BCUT2D eigenvalue weighted by Gasteiger charge is -2.05. The van der Waals surface area contributed by atoms with Crippen molar-refractivity contribution >= 4 is 0 Å². The standard InChI is InChI=1S/C14H12N2O/c1-17-13-6-2-4-11(10-13)14-7-3-5-12(16-14)8-9-15/h2-7,10H,8H2,1H3. The third kappa shape index (κ3) is 2.61. The number of aromatic nitrogens is 1. The predicted molar refractivity (Wildman–Crippen MR) is 65.5 cm³/mol. The van der Waals surface area contributed by atoms with Crippen LogP contribution in [-0.2, 0) is 6.42 Å². The lowest BCUT2D eigenvalue weighted by atomic mass is 10.1. The molecule has 1 aromatic heterocycles. The van der Waals surface area contributed by atoms with Crippen LogP contribution in [0.4, 0.5) is 0 Å². The first-order chi connectivity index (χ1) is 8.33. The summed E-state index contributed by atoms with van der Waals surface area (Å²) in [5, 5.41) is 8.65. The number of hydrogen-bond donors (Lipinski definition) is 0. The highest BCUT2D eigenvalue weighted by Crippen LogP contribution is 2.22. The van der Waals surface area contributed by atoms with E-state index in [2.05, 4.69) is 11.1 Å². The smallest absolute Gasteiger partial charge is 0.119 e. The molecule has 3 nitrogen and oxygen atoms in total. The fourth-order valence-corrected chi connectivity index (χ4v) is 1.60. The van der Waals surface area contributed by atoms with Crippen molar-refractivity contribution in [2.24, 2.45) is 0 Å². The minimum Gasteiger partial charge on any atom is -0.497 e. The molecule has 0 atom stereocenters. The molecule has 2 rings (SSSR count). The molecule has 0 aliphatic carbocycles. The molecule has 0 aliphatic heterocycles. The summed E-state index contributed by atoms with van der Waals surface area (Å²) >= 11 is 0. The number of hydrogen-bond acceptors (Lipinski definition) is 3. The molecule has 3 heteroatoms. The third-order valence-corrected chi connectivity index (χ3v) is 2.43. The first-order valence-corrected chi connectivity index (χ1v) is 5.31. The summed E-state index contributed by atoms with van der Waals surface area (Å²) in [6, 6.07) is 15.5. The fourth-order valence-electron chi connectivity index (χ4n) is 1.60. The molecule has 84 valence electrons. The van der Waals surface area contributed by atoms with Crippen LogP contribution in [0.1, 0.15) is 5.69 Å². The van der Waals surface area contributed by atoms with Crippen LogP contribution in [0.2, 0.25) is 0 Å². The average molecular weight is 224 g/mol. The van der Waals surface area contributed by atoms with Crippen molar-refractivity contribution in [1.82, 2.24) is 4.98 Å². The second-order valence-corrected chi connectivity index (χ2v) is 3.58. The number of methoxy groups -OCH3 is 1. The molecule has 1 heterocycles. The number of nitrogens with zero attached hydrogens (tertiary/aromatic N) is 2. The van der Waals surface area contributed by atoms with E-state index in [1.54, 1.807) is 7.11 Å². The molecule has 0 saturated carbocycles. The van der Waals surface area contributed by atoms with Crippen molar-refractivity contribution in [3.8, 4) is 23.1 Å². The Balaban J connectivity index is 2.38. The zero-order valence-electron chi connectivity index (χ0n) is 9.55. The first-order valence-electron chi connectivity index (χ1n) is 5.31. The van der Waals surface area contributed by atoms with Crippen LogP contribution < -0.4 is 4.74 Å². The molecule has 2 aromatic rings. The Morgan fingerprint density at radius 2 is 2.06 bits per heavy atom. The van der Waals surface area contributed by atoms with Crippen LogP contribution in [0.15, 0.2) is 42.5 Å². The van der Waals surface area contributed by atoms with Gasteiger partial charge in [-0.1, -0.05) is 18.2 Å². The SMILES string of the molecule is COc1cccc(-c2cccc(CC#N)n2)c1. The molecule has 0 saturated heterocycles. The molecule has 0 radical (unpaired) electrons. The number of nitriles is 1. The minimum absolute atomic E-state index is 0.331. The second-order valence-electron chi connectivity index (χ2n) is 3.58. The molecular weight excluding hydrogens is 212 g/mol. The van der Waals surface area contributed by atoms with Gasteiger partial charge in [0.15, 0.2) is 0 Å². The van der Waals surface area contributed by atoms with Crippen LogP contribution in [-0.4, -0.2) is 12.1 Å². The van der Waals surface area contributed by atoms with Gasteiger partial charge in [-0.05, 0) is 24.3 Å². The highest BCUT2D eigenvalue weighted by molar-refractivity contribution is 5.61. The molecule has 0 N–H and O–H groups in total. The largest absolute Gasteiger partial charge is 0.497 e. The van der Waals surface area contributed by atoms with Gasteiger partial charge in [0.1, 0.15) is 5.75 Å². The Morgan fingerprint density at radius 3 is 2.82 bits per heavy atom. The summed E-state index contributed by atoms with van der Waals surface area (Å²) in [5.74, 6) is 0.801. The van der Waals surface area contributed by atoms with Gasteiger partial charge in [-0.15, -0.1) is 0 Å². The second kappa shape index (κ2) is 5.13. The summed E-state index contributed by atoms with van der Waals surface area (Å²) in [7, 11) is 1.64. The average Bonchev–Trinajstić information content (AvgIpc) is 2.40. The molecule has 17 heavy (non-hydrogen) atoms. The first kappa shape index (κ1) is 11.2. The van der Waals surface area contributed by atoms with Crippen molar-refractivity contribution in [3.05, 3.63) is 48.2 Å². The highest BCUT2D eigenvalue weighted by Gasteiger charge is 2.02. The van der Waals surface area contributed by atoms with Crippen molar-refractivity contribution in [2.75, 3.05) is 7.11 Å². The number of pyridine rings is 1. The maximum absolute atomic E-state index is 8.65. The van der Waals surface area contributed by atoms with E-state index >= 15 is 0 Å². The lowest BCUT2D eigenvalue weighted by molar-refractivity contribution is 0.415.